The van der Waals surface area contributed by atoms with E-state index in [0.29, 0.717) is 17.6 Å². The normalized spacial score (nSPS) is 27.2. The molecule has 9 heteroatoms. The molecule has 3 atom stereocenters. The molecule has 1 saturated heterocycles. The maximum atomic E-state index is 9.74. The average Bonchev–Trinajstić information content (AvgIpc) is 2.92. The Morgan fingerprint density at radius 3 is 3.00 bits per heavy atom. The molecule has 1 unspecified atom stereocenters. The molecule has 2 aromatic heterocycles. The first kappa shape index (κ1) is 12.5. The van der Waals surface area contributed by atoms with E-state index in [4.69, 9.17) is 27.2 Å². The number of nitrogens with two attached hydrogens (primary N) is 1. The van der Waals surface area contributed by atoms with E-state index < -0.39 is 18.4 Å². The van der Waals surface area contributed by atoms with Crippen molar-refractivity contribution >= 4 is 28.6 Å². The Bertz CT molecular complexity index is 618. The van der Waals surface area contributed by atoms with Gasteiger partial charge < -0.3 is 20.7 Å². The van der Waals surface area contributed by atoms with E-state index in [2.05, 4.69) is 15.0 Å². The Hall–Kier alpha value is -1.48. The van der Waals surface area contributed by atoms with Gasteiger partial charge in [0.1, 0.15) is 17.8 Å². The van der Waals surface area contributed by atoms with Crippen LogP contribution in [0.15, 0.2) is 6.33 Å². The van der Waals surface area contributed by atoms with E-state index in [9.17, 15) is 5.11 Å². The van der Waals surface area contributed by atoms with Crippen LogP contribution in [0, 0.1) is 0 Å². The molecule has 1 aliphatic heterocycles. The average molecular weight is 286 g/mol. The molecule has 3 heterocycles. The van der Waals surface area contributed by atoms with E-state index in [1.807, 2.05) is 0 Å². The number of aliphatic hydroxyl groups is 2. The van der Waals surface area contributed by atoms with Crippen molar-refractivity contribution in [2.75, 3.05) is 12.3 Å². The van der Waals surface area contributed by atoms with Crippen LogP contribution in [0.5, 0.6) is 0 Å². The Labute approximate surface area is 112 Å². The molecule has 0 aromatic carbocycles. The van der Waals surface area contributed by atoms with Gasteiger partial charge in [-0.15, -0.1) is 0 Å². The Morgan fingerprint density at radius 1 is 1.53 bits per heavy atom. The number of imidazole rings is 1. The molecule has 102 valence electrons. The zero-order chi connectivity index (χ0) is 13.6. The minimum absolute atomic E-state index is 0.0176. The van der Waals surface area contributed by atoms with Crippen molar-refractivity contribution in [3.8, 4) is 0 Å². The molecule has 19 heavy (non-hydrogen) atoms. The quantitative estimate of drug-likeness (QED) is 0.648. The van der Waals surface area contributed by atoms with E-state index >= 15 is 0 Å². The summed E-state index contributed by atoms with van der Waals surface area (Å²) in [5.74, 6) is 0.186. The van der Waals surface area contributed by atoms with Gasteiger partial charge in [0.25, 0.3) is 0 Å². The molecule has 4 N–H and O–H groups in total. The molecule has 8 nitrogen and oxygen atoms in total. The second-order valence-electron chi connectivity index (χ2n) is 4.32. The van der Waals surface area contributed by atoms with Crippen LogP contribution >= 0.6 is 11.6 Å². The second kappa shape index (κ2) is 4.57. The number of hydrogen-bond acceptors (Lipinski definition) is 7. The van der Waals surface area contributed by atoms with Crippen molar-refractivity contribution in [1.82, 2.24) is 19.5 Å². The number of halogens is 1. The van der Waals surface area contributed by atoms with Crippen LogP contribution < -0.4 is 5.73 Å². The third kappa shape index (κ3) is 2.02. The molecule has 0 spiro atoms. The fourth-order valence-electron chi connectivity index (χ4n) is 2.17. The second-order valence-corrected chi connectivity index (χ2v) is 4.65. The van der Waals surface area contributed by atoms with Gasteiger partial charge in [-0.3, -0.25) is 4.57 Å². The van der Waals surface area contributed by atoms with Crippen molar-refractivity contribution in [3.05, 3.63) is 11.6 Å². The van der Waals surface area contributed by atoms with Crippen LogP contribution in [-0.2, 0) is 4.74 Å². The summed E-state index contributed by atoms with van der Waals surface area (Å²) in [6.45, 7) is -0.248. The van der Waals surface area contributed by atoms with Gasteiger partial charge in [-0.05, 0) is 11.6 Å². The van der Waals surface area contributed by atoms with E-state index in [0.717, 1.165) is 0 Å². The van der Waals surface area contributed by atoms with Crippen LogP contribution in [0.25, 0.3) is 11.2 Å². The van der Waals surface area contributed by atoms with Crippen molar-refractivity contribution in [2.45, 2.75) is 24.9 Å². The summed E-state index contributed by atoms with van der Waals surface area (Å²) in [7, 11) is 0. The molecule has 2 aromatic rings. The van der Waals surface area contributed by atoms with Gasteiger partial charge in [0.05, 0.1) is 19.0 Å². The highest BCUT2D eigenvalue weighted by Crippen LogP contribution is 2.31. The van der Waals surface area contributed by atoms with Gasteiger partial charge in [0, 0.05) is 6.42 Å². The first-order valence-electron chi connectivity index (χ1n) is 5.70. The molecule has 3 rings (SSSR count). The maximum Gasteiger partial charge on any atom is 0.226 e. The van der Waals surface area contributed by atoms with E-state index in [1.165, 1.54) is 6.33 Å². The van der Waals surface area contributed by atoms with Crippen molar-refractivity contribution in [2.24, 2.45) is 0 Å². The van der Waals surface area contributed by atoms with Gasteiger partial charge >= 0.3 is 0 Å². The zero-order valence-electron chi connectivity index (χ0n) is 9.77. The molecule has 0 amide bonds. The molecular formula is C10H12ClN5O3. The van der Waals surface area contributed by atoms with Gasteiger partial charge in [-0.25, -0.2) is 4.98 Å². The third-order valence-corrected chi connectivity index (χ3v) is 3.28. The smallest absolute Gasteiger partial charge is 0.226 e. The molecule has 0 saturated carbocycles. The predicted octanol–water partition coefficient (Wildman–Crippen LogP) is -0.297. The van der Waals surface area contributed by atoms with Crippen LogP contribution in [0.4, 0.5) is 5.82 Å². The summed E-state index contributed by atoms with van der Waals surface area (Å²) >= 11 is 5.77. The van der Waals surface area contributed by atoms with Gasteiger partial charge in [0.15, 0.2) is 11.5 Å². The van der Waals surface area contributed by atoms with Gasteiger partial charge in [-0.2, -0.15) is 9.97 Å². The Morgan fingerprint density at radius 2 is 2.32 bits per heavy atom. The number of nitrogen functional groups attached to an aromatic ring is 1. The highest BCUT2D eigenvalue weighted by atomic mass is 35.5. The van der Waals surface area contributed by atoms with Crippen LogP contribution in [0.3, 0.4) is 0 Å². The lowest BCUT2D eigenvalue weighted by atomic mass is 10.2. The number of aliphatic hydroxyl groups excluding tert-OH is 2. The number of anilines is 1. The number of aromatic nitrogens is 4. The molecule has 1 aliphatic rings. The van der Waals surface area contributed by atoms with Crippen LogP contribution in [0.2, 0.25) is 5.28 Å². The van der Waals surface area contributed by atoms with Gasteiger partial charge in [-0.1, -0.05) is 0 Å². The molecule has 1 fully saturated rings. The number of hydrogen-bond donors (Lipinski definition) is 3. The fraction of sp³-hybridized carbons (Fsp3) is 0.500. The SMILES string of the molecule is Nc1nc(Cl)nc2c1ncn2[C@@H]1CC(O)[C@@H](CO)O1. The Kier molecular flexibility index (Phi) is 3.02. The number of nitrogens with zero attached hydrogens (tertiary/aromatic N) is 4. The summed E-state index contributed by atoms with van der Waals surface area (Å²) in [6.07, 6.45) is 0.0169. The monoisotopic (exact) mass is 285 g/mol. The zero-order valence-corrected chi connectivity index (χ0v) is 10.5. The lowest BCUT2D eigenvalue weighted by Gasteiger charge is -2.13. The van der Waals surface area contributed by atoms with Crippen LogP contribution in [-0.4, -0.2) is 48.5 Å². The van der Waals surface area contributed by atoms with Crippen molar-refractivity contribution in [3.63, 3.8) is 0 Å². The summed E-state index contributed by atoms with van der Waals surface area (Å²) in [6, 6.07) is 0. The summed E-state index contributed by atoms with van der Waals surface area (Å²) in [5.41, 5.74) is 6.57. The predicted molar refractivity (Wildman–Crippen MR) is 66.4 cm³/mol. The standard InChI is InChI=1S/C10H12ClN5O3/c11-10-14-8(12)7-9(15-10)16(3-13-7)6-1-4(18)5(2-17)19-6/h3-6,17-18H,1-2H2,(H2,12,14,15)/t4?,5-,6+/m1/s1. The largest absolute Gasteiger partial charge is 0.394 e. The minimum Gasteiger partial charge on any atom is -0.394 e. The summed E-state index contributed by atoms with van der Waals surface area (Å²) in [5, 5.41) is 18.8. The van der Waals surface area contributed by atoms with Crippen molar-refractivity contribution < 1.29 is 14.9 Å². The first-order chi connectivity index (χ1) is 9.10. The lowest BCUT2D eigenvalue weighted by Crippen LogP contribution is -2.24. The first-order valence-corrected chi connectivity index (χ1v) is 6.08. The summed E-state index contributed by atoms with van der Waals surface area (Å²) in [4.78, 5) is 12.0. The topological polar surface area (TPSA) is 119 Å². The van der Waals surface area contributed by atoms with Crippen LogP contribution in [0.1, 0.15) is 12.6 Å². The van der Waals surface area contributed by atoms with Crippen molar-refractivity contribution in [1.29, 1.82) is 0 Å². The lowest BCUT2D eigenvalue weighted by molar-refractivity contribution is -0.0432. The number of rotatable bonds is 2. The number of fused-ring (bicyclic) bond motifs is 1. The highest BCUT2D eigenvalue weighted by molar-refractivity contribution is 6.28. The molecule has 0 aliphatic carbocycles. The molecular weight excluding hydrogens is 274 g/mol. The maximum absolute atomic E-state index is 9.74. The van der Waals surface area contributed by atoms with Gasteiger partial charge in [0.2, 0.25) is 5.28 Å². The third-order valence-electron chi connectivity index (χ3n) is 3.12. The van der Waals surface area contributed by atoms with E-state index in [1.54, 1.807) is 4.57 Å². The molecule has 0 radical (unpaired) electrons. The highest BCUT2D eigenvalue weighted by Gasteiger charge is 2.35. The Balaban J connectivity index is 2.02. The minimum atomic E-state index is -0.734. The summed E-state index contributed by atoms with van der Waals surface area (Å²) < 4.78 is 7.16. The van der Waals surface area contributed by atoms with E-state index in [-0.39, 0.29) is 17.7 Å². The number of ether oxygens (including phenoxy) is 1. The molecule has 0 bridgehead atoms. The fourth-order valence-corrected chi connectivity index (χ4v) is 2.34.